The van der Waals surface area contributed by atoms with Crippen LogP contribution in [0.4, 0.5) is 10.1 Å². The molecule has 3 rings (SSSR count). The number of carbonyl (C=O) groups excluding carboxylic acids is 2. The fourth-order valence-electron chi connectivity index (χ4n) is 2.95. The molecule has 0 aliphatic carbocycles. The molecule has 162 valence electrons. The average molecular weight is 417 g/mol. The second kappa shape index (κ2) is 11.9. The standard InChI is InChI=1S/C14H19NO3.C9H9FO2/c1-2-18-14(17)11-3-5-12(6-4-11)15-9-7-13(16)8-10-15;1-2-12-9(11)7-3-5-8(10)6-4-7/h3-6,13,16H,2,7-10H2,1H3;3-6H,2H2,1H3. The van der Waals surface area contributed by atoms with Crippen molar-refractivity contribution in [3.63, 3.8) is 0 Å². The maximum atomic E-state index is 12.4. The van der Waals surface area contributed by atoms with E-state index in [1.165, 1.54) is 24.3 Å². The molecule has 2 aromatic carbocycles. The molecule has 1 aliphatic heterocycles. The average Bonchev–Trinajstić information content (AvgIpc) is 2.76. The molecule has 1 aliphatic rings. The minimum Gasteiger partial charge on any atom is -0.462 e. The lowest BCUT2D eigenvalue weighted by Crippen LogP contribution is -2.35. The van der Waals surface area contributed by atoms with Crippen molar-refractivity contribution in [1.82, 2.24) is 0 Å². The Hall–Kier alpha value is -2.93. The Balaban J connectivity index is 0.000000232. The number of esters is 2. The SMILES string of the molecule is CCOC(=O)c1ccc(F)cc1.CCOC(=O)c1ccc(N2CCC(O)CC2)cc1. The third kappa shape index (κ3) is 7.15. The van der Waals surface area contributed by atoms with Crippen molar-refractivity contribution in [1.29, 1.82) is 0 Å². The van der Waals surface area contributed by atoms with Crippen LogP contribution in [0.5, 0.6) is 0 Å². The summed E-state index contributed by atoms with van der Waals surface area (Å²) >= 11 is 0. The van der Waals surface area contributed by atoms with E-state index in [4.69, 9.17) is 9.47 Å². The van der Waals surface area contributed by atoms with E-state index in [0.717, 1.165) is 31.6 Å². The van der Waals surface area contributed by atoms with Crippen LogP contribution in [0.15, 0.2) is 48.5 Å². The van der Waals surface area contributed by atoms with Gasteiger partial charge < -0.3 is 19.5 Å². The number of rotatable bonds is 5. The van der Waals surface area contributed by atoms with E-state index >= 15 is 0 Å². The lowest BCUT2D eigenvalue weighted by molar-refractivity contribution is 0.0516. The maximum Gasteiger partial charge on any atom is 0.338 e. The summed E-state index contributed by atoms with van der Waals surface area (Å²) in [6, 6.07) is 12.7. The summed E-state index contributed by atoms with van der Waals surface area (Å²) in [6.45, 7) is 5.97. The summed E-state index contributed by atoms with van der Waals surface area (Å²) in [5, 5.41) is 9.46. The predicted octanol–water partition coefficient (Wildman–Crippen LogP) is 3.83. The monoisotopic (exact) mass is 417 g/mol. The maximum absolute atomic E-state index is 12.4. The van der Waals surface area contributed by atoms with E-state index in [-0.39, 0.29) is 17.9 Å². The van der Waals surface area contributed by atoms with E-state index in [0.29, 0.717) is 24.3 Å². The molecule has 30 heavy (non-hydrogen) atoms. The van der Waals surface area contributed by atoms with E-state index in [1.807, 2.05) is 12.1 Å². The molecule has 0 spiro atoms. The molecule has 0 radical (unpaired) electrons. The van der Waals surface area contributed by atoms with Gasteiger partial charge in [0.05, 0.1) is 30.4 Å². The Labute approximate surface area is 176 Å². The van der Waals surface area contributed by atoms with Gasteiger partial charge in [0.15, 0.2) is 0 Å². The molecule has 1 saturated heterocycles. The van der Waals surface area contributed by atoms with Crippen LogP contribution in [0.2, 0.25) is 0 Å². The van der Waals surface area contributed by atoms with Gasteiger partial charge in [-0.15, -0.1) is 0 Å². The quantitative estimate of drug-likeness (QED) is 0.746. The lowest BCUT2D eigenvalue weighted by Gasteiger charge is -2.31. The number of piperidine rings is 1. The normalized spacial score (nSPS) is 13.8. The minimum absolute atomic E-state index is 0.167. The second-order valence-electron chi connectivity index (χ2n) is 6.71. The van der Waals surface area contributed by atoms with Crippen LogP contribution in [-0.4, -0.2) is 49.5 Å². The first-order valence-electron chi connectivity index (χ1n) is 10.1. The molecular formula is C23H28FNO5. The highest BCUT2D eigenvalue weighted by Crippen LogP contribution is 2.20. The van der Waals surface area contributed by atoms with Gasteiger partial charge in [-0.2, -0.15) is 0 Å². The van der Waals surface area contributed by atoms with Gasteiger partial charge in [-0.25, -0.2) is 14.0 Å². The number of carbonyl (C=O) groups is 2. The Morgan fingerprint density at radius 1 is 0.900 bits per heavy atom. The fourth-order valence-corrected chi connectivity index (χ4v) is 2.95. The highest BCUT2D eigenvalue weighted by molar-refractivity contribution is 5.90. The number of hydrogen-bond acceptors (Lipinski definition) is 6. The molecule has 0 atom stereocenters. The van der Waals surface area contributed by atoms with Crippen molar-refractivity contribution in [2.24, 2.45) is 0 Å². The van der Waals surface area contributed by atoms with Crippen LogP contribution >= 0.6 is 0 Å². The third-order valence-electron chi connectivity index (χ3n) is 4.56. The van der Waals surface area contributed by atoms with E-state index < -0.39 is 5.97 Å². The van der Waals surface area contributed by atoms with Crippen molar-refractivity contribution in [2.45, 2.75) is 32.8 Å². The lowest BCUT2D eigenvalue weighted by atomic mass is 10.1. The van der Waals surface area contributed by atoms with E-state index in [1.54, 1.807) is 26.0 Å². The van der Waals surface area contributed by atoms with Gasteiger partial charge in [-0.1, -0.05) is 0 Å². The molecule has 0 saturated carbocycles. The summed E-state index contributed by atoms with van der Waals surface area (Å²) in [4.78, 5) is 24.7. The van der Waals surface area contributed by atoms with Crippen molar-refractivity contribution >= 4 is 17.6 Å². The summed E-state index contributed by atoms with van der Waals surface area (Å²) in [6.07, 6.45) is 1.44. The number of benzene rings is 2. The number of anilines is 1. The van der Waals surface area contributed by atoms with Gasteiger partial charge in [-0.3, -0.25) is 0 Å². The number of aliphatic hydroxyl groups excluding tert-OH is 1. The Morgan fingerprint density at radius 2 is 1.33 bits per heavy atom. The van der Waals surface area contributed by atoms with Gasteiger partial charge in [0.1, 0.15) is 5.82 Å². The number of halogens is 1. The first-order valence-corrected chi connectivity index (χ1v) is 10.1. The molecule has 1 N–H and O–H groups in total. The molecule has 7 heteroatoms. The Kier molecular flexibility index (Phi) is 9.28. The fraction of sp³-hybridized carbons (Fsp3) is 0.391. The zero-order valence-electron chi connectivity index (χ0n) is 17.3. The molecule has 0 aromatic heterocycles. The number of aliphatic hydroxyl groups is 1. The predicted molar refractivity (Wildman–Crippen MR) is 112 cm³/mol. The molecule has 1 heterocycles. The topological polar surface area (TPSA) is 76.1 Å². The number of nitrogens with zero attached hydrogens (tertiary/aromatic N) is 1. The summed E-state index contributed by atoms with van der Waals surface area (Å²) < 4.78 is 22.0. The van der Waals surface area contributed by atoms with Gasteiger partial charge in [-0.05, 0) is 75.2 Å². The van der Waals surface area contributed by atoms with Crippen molar-refractivity contribution in [3.8, 4) is 0 Å². The van der Waals surface area contributed by atoms with Crippen LogP contribution in [0.25, 0.3) is 0 Å². The molecule has 0 bridgehead atoms. The number of ether oxygens (including phenoxy) is 2. The zero-order valence-corrected chi connectivity index (χ0v) is 17.3. The smallest absolute Gasteiger partial charge is 0.338 e. The highest BCUT2D eigenvalue weighted by Gasteiger charge is 2.17. The summed E-state index contributed by atoms with van der Waals surface area (Å²) in [7, 11) is 0. The van der Waals surface area contributed by atoms with Crippen molar-refractivity contribution in [2.75, 3.05) is 31.2 Å². The van der Waals surface area contributed by atoms with Crippen LogP contribution in [0.3, 0.4) is 0 Å². The molecule has 1 fully saturated rings. The summed E-state index contributed by atoms with van der Waals surface area (Å²) in [5.74, 6) is -1.06. The molecule has 0 amide bonds. The van der Waals surface area contributed by atoms with E-state index in [9.17, 15) is 19.1 Å². The molecule has 6 nitrogen and oxygen atoms in total. The first-order chi connectivity index (χ1) is 14.4. The Bertz CT molecular complexity index is 799. The van der Waals surface area contributed by atoms with E-state index in [2.05, 4.69) is 4.90 Å². The van der Waals surface area contributed by atoms with Gasteiger partial charge in [0, 0.05) is 18.8 Å². The van der Waals surface area contributed by atoms with Crippen molar-refractivity contribution < 1.29 is 28.6 Å². The van der Waals surface area contributed by atoms with Crippen LogP contribution in [-0.2, 0) is 9.47 Å². The van der Waals surface area contributed by atoms with Gasteiger partial charge in [0.2, 0.25) is 0 Å². The molecular weight excluding hydrogens is 389 g/mol. The zero-order chi connectivity index (χ0) is 21.9. The number of hydrogen-bond donors (Lipinski definition) is 1. The molecule has 2 aromatic rings. The van der Waals surface area contributed by atoms with Crippen LogP contribution < -0.4 is 4.90 Å². The Morgan fingerprint density at radius 3 is 1.77 bits per heavy atom. The summed E-state index contributed by atoms with van der Waals surface area (Å²) in [5.41, 5.74) is 2.05. The van der Waals surface area contributed by atoms with Gasteiger partial charge in [0.25, 0.3) is 0 Å². The van der Waals surface area contributed by atoms with Crippen molar-refractivity contribution in [3.05, 3.63) is 65.5 Å². The largest absolute Gasteiger partial charge is 0.462 e. The second-order valence-corrected chi connectivity index (χ2v) is 6.71. The van der Waals surface area contributed by atoms with Gasteiger partial charge >= 0.3 is 11.9 Å². The van der Waals surface area contributed by atoms with Crippen LogP contribution in [0, 0.1) is 5.82 Å². The third-order valence-corrected chi connectivity index (χ3v) is 4.56. The minimum atomic E-state index is -0.419. The highest BCUT2D eigenvalue weighted by atomic mass is 19.1. The van der Waals surface area contributed by atoms with Crippen LogP contribution in [0.1, 0.15) is 47.4 Å². The first kappa shape index (κ1) is 23.3. The molecule has 0 unspecified atom stereocenters.